The van der Waals surface area contributed by atoms with E-state index in [4.69, 9.17) is 10.00 Å². The fourth-order valence-corrected chi connectivity index (χ4v) is 2.87. The van der Waals surface area contributed by atoms with Crippen LogP contribution in [0.15, 0.2) is 54.0 Å². The Morgan fingerprint density at radius 3 is 3.06 bits per heavy atom. The van der Waals surface area contributed by atoms with Gasteiger partial charge in [-0.3, -0.25) is 19.6 Å². The summed E-state index contributed by atoms with van der Waals surface area (Å²) in [5.74, 6) is -0.831. The lowest BCUT2D eigenvalue weighted by molar-refractivity contribution is -0.120. The third-order valence-corrected chi connectivity index (χ3v) is 4.41. The quantitative estimate of drug-likeness (QED) is 0.519. The van der Waals surface area contributed by atoms with Crippen molar-refractivity contribution in [3.63, 3.8) is 0 Å². The molecule has 2 N–H and O–H groups in total. The molecule has 0 radical (unpaired) electrons. The summed E-state index contributed by atoms with van der Waals surface area (Å²) in [5.41, 5.74) is 0.568. The minimum atomic E-state index is -0.967. The number of anilines is 1. The number of allylic oxidation sites excluding steroid dienone is 5. The van der Waals surface area contributed by atoms with E-state index in [1.54, 1.807) is 19.2 Å². The highest BCUT2D eigenvalue weighted by atomic mass is 19.1. The summed E-state index contributed by atoms with van der Waals surface area (Å²) in [6.07, 6.45) is 3.88. The van der Waals surface area contributed by atoms with E-state index in [2.05, 4.69) is 32.1 Å². The summed E-state index contributed by atoms with van der Waals surface area (Å²) >= 11 is 0. The maximum atomic E-state index is 13.8. The Bertz CT molecular complexity index is 1160. The molecule has 11 heteroatoms. The SMILES string of the molecule is C=C(/C=C(F)\C=C(/C)C#N)Cc1nc(C(=O)N[C@H]2COc3cccnc3N(C)C2=O)n[nH]1. The molecule has 2 aromatic rings. The number of pyridine rings is 1. The molecule has 2 aromatic heterocycles. The molecule has 1 atom stereocenters. The lowest BCUT2D eigenvalue weighted by Crippen LogP contribution is -2.49. The third kappa shape index (κ3) is 5.23. The van der Waals surface area contributed by atoms with E-state index in [1.165, 1.54) is 18.0 Å². The van der Waals surface area contributed by atoms with Crippen LogP contribution in [-0.4, -0.2) is 51.7 Å². The van der Waals surface area contributed by atoms with Crippen LogP contribution in [0.2, 0.25) is 0 Å². The molecule has 2 amide bonds. The number of H-pyrrole nitrogens is 1. The van der Waals surface area contributed by atoms with Crippen LogP contribution >= 0.6 is 0 Å². The predicted octanol–water partition coefficient (Wildman–Crippen LogP) is 1.78. The number of carbonyl (C=O) groups excluding carboxylic acids is 2. The lowest BCUT2D eigenvalue weighted by Gasteiger charge is -2.18. The van der Waals surface area contributed by atoms with Crippen molar-refractivity contribution in [2.75, 3.05) is 18.6 Å². The molecular weight excluding hydrogens is 417 g/mol. The van der Waals surface area contributed by atoms with Crippen LogP contribution in [-0.2, 0) is 11.2 Å². The number of nitriles is 1. The molecule has 3 heterocycles. The number of hydrogen-bond donors (Lipinski definition) is 2. The van der Waals surface area contributed by atoms with Gasteiger partial charge in [0.1, 0.15) is 24.3 Å². The van der Waals surface area contributed by atoms with Crippen LogP contribution in [0.3, 0.4) is 0 Å². The van der Waals surface area contributed by atoms with E-state index < -0.39 is 23.7 Å². The predicted molar refractivity (Wildman–Crippen MR) is 112 cm³/mol. The number of amides is 2. The van der Waals surface area contributed by atoms with Gasteiger partial charge in [0.05, 0.1) is 6.07 Å². The van der Waals surface area contributed by atoms with E-state index in [0.717, 1.165) is 12.2 Å². The average Bonchev–Trinajstić information content (AvgIpc) is 3.19. The first-order valence-electron chi connectivity index (χ1n) is 9.49. The number of likely N-dealkylation sites (N-methyl/N-ethyl adjacent to an activating group) is 1. The Morgan fingerprint density at radius 2 is 2.31 bits per heavy atom. The molecule has 164 valence electrons. The molecule has 32 heavy (non-hydrogen) atoms. The number of halogens is 1. The summed E-state index contributed by atoms with van der Waals surface area (Å²) in [7, 11) is 1.54. The van der Waals surface area contributed by atoms with Crippen molar-refractivity contribution in [3.05, 3.63) is 65.7 Å². The van der Waals surface area contributed by atoms with Crippen LogP contribution in [0.1, 0.15) is 23.4 Å². The standard InChI is InChI=1S/C21H20FN7O3/c1-12(7-14(22)8-13(2)10-23)9-17-26-18(28-27-17)20(30)25-15-11-32-16-5-4-6-24-19(16)29(3)21(15)31/h4-8,15H,1,9,11H2,2-3H3,(H,25,30)(H,26,27,28)/b13-8+,14-7+/t15-/m0/s1. The molecule has 0 unspecified atom stereocenters. The molecule has 1 aliphatic rings. The molecule has 0 saturated carbocycles. The van der Waals surface area contributed by atoms with Crippen LogP contribution in [0, 0.1) is 11.3 Å². The van der Waals surface area contributed by atoms with Gasteiger partial charge in [0.2, 0.25) is 5.82 Å². The fraction of sp³-hybridized carbons (Fsp3) is 0.238. The summed E-state index contributed by atoms with van der Waals surface area (Å²) in [6.45, 7) is 5.13. The van der Waals surface area contributed by atoms with Gasteiger partial charge >= 0.3 is 0 Å². The van der Waals surface area contributed by atoms with Crippen molar-refractivity contribution in [2.24, 2.45) is 0 Å². The largest absolute Gasteiger partial charge is 0.487 e. The summed E-state index contributed by atoms with van der Waals surface area (Å²) in [5, 5.41) is 17.7. The maximum absolute atomic E-state index is 13.8. The topological polar surface area (TPSA) is 137 Å². The minimum Gasteiger partial charge on any atom is -0.487 e. The summed E-state index contributed by atoms with van der Waals surface area (Å²) < 4.78 is 19.4. The second-order valence-corrected chi connectivity index (χ2v) is 6.97. The highest BCUT2D eigenvalue weighted by molar-refractivity contribution is 6.01. The van der Waals surface area contributed by atoms with Gasteiger partial charge in [-0.25, -0.2) is 14.4 Å². The number of carbonyl (C=O) groups is 2. The Kier molecular flexibility index (Phi) is 6.74. The van der Waals surface area contributed by atoms with Gasteiger partial charge < -0.3 is 10.1 Å². The first-order chi connectivity index (χ1) is 15.3. The number of ether oxygens (including phenoxy) is 1. The zero-order valence-corrected chi connectivity index (χ0v) is 17.4. The second-order valence-electron chi connectivity index (χ2n) is 6.97. The summed E-state index contributed by atoms with van der Waals surface area (Å²) in [6, 6.07) is 4.22. The number of fused-ring (bicyclic) bond motifs is 1. The van der Waals surface area contributed by atoms with Crippen LogP contribution in [0.4, 0.5) is 10.2 Å². The van der Waals surface area contributed by atoms with E-state index >= 15 is 0 Å². The smallest absolute Gasteiger partial charge is 0.291 e. The molecule has 1 aliphatic heterocycles. The highest BCUT2D eigenvalue weighted by Crippen LogP contribution is 2.27. The number of nitrogens with one attached hydrogen (secondary N) is 2. The maximum Gasteiger partial charge on any atom is 0.291 e. The number of rotatable bonds is 6. The number of aromatic amines is 1. The normalized spacial score (nSPS) is 16.5. The Morgan fingerprint density at radius 1 is 1.53 bits per heavy atom. The van der Waals surface area contributed by atoms with Crippen LogP contribution in [0.5, 0.6) is 5.75 Å². The number of aromatic nitrogens is 4. The van der Waals surface area contributed by atoms with Gasteiger partial charge in [-0.05, 0) is 36.8 Å². The lowest BCUT2D eigenvalue weighted by atomic mass is 10.1. The van der Waals surface area contributed by atoms with Crippen molar-refractivity contribution in [1.29, 1.82) is 5.26 Å². The van der Waals surface area contributed by atoms with E-state index in [-0.39, 0.29) is 30.2 Å². The highest BCUT2D eigenvalue weighted by Gasteiger charge is 2.32. The number of hydrogen-bond acceptors (Lipinski definition) is 7. The minimum absolute atomic E-state index is 0.0819. The third-order valence-electron chi connectivity index (χ3n) is 4.41. The fourth-order valence-electron chi connectivity index (χ4n) is 2.87. The Labute approximate surface area is 183 Å². The van der Waals surface area contributed by atoms with Gasteiger partial charge in [0.15, 0.2) is 11.6 Å². The van der Waals surface area contributed by atoms with Gasteiger partial charge in [-0.15, -0.1) is 5.10 Å². The molecule has 3 rings (SSSR count). The molecule has 0 aliphatic carbocycles. The zero-order chi connectivity index (χ0) is 23.3. The Balaban J connectivity index is 1.64. The Hall–Kier alpha value is -4.33. The monoisotopic (exact) mass is 437 g/mol. The molecule has 0 bridgehead atoms. The number of nitrogens with zero attached hydrogens (tertiary/aromatic N) is 5. The van der Waals surface area contributed by atoms with Gasteiger partial charge in [-0.2, -0.15) is 5.26 Å². The molecule has 10 nitrogen and oxygen atoms in total. The van der Waals surface area contributed by atoms with Crippen molar-refractivity contribution in [3.8, 4) is 11.8 Å². The van der Waals surface area contributed by atoms with Crippen molar-refractivity contribution >= 4 is 17.6 Å². The van der Waals surface area contributed by atoms with Crippen molar-refractivity contribution in [2.45, 2.75) is 19.4 Å². The zero-order valence-electron chi connectivity index (χ0n) is 17.4. The molecular formula is C21H20FN7O3. The van der Waals surface area contributed by atoms with E-state index in [0.29, 0.717) is 17.1 Å². The molecule has 0 spiro atoms. The van der Waals surface area contributed by atoms with Crippen molar-refractivity contribution < 1.29 is 18.7 Å². The van der Waals surface area contributed by atoms with Gasteiger partial charge in [-0.1, -0.05) is 6.58 Å². The molecule has 0 aromatic carbocycles. The molecule has 0 saturated heterocycles. The van der Waals surface area contributed by atoms with Crippen molar-refractivity contribution in [1.82, 2.24) is 25.5 Å². The van der Waals surface area contributed by atoms with Gasteiger partial charge in [0.25, 0.3) is 11.8 Å². The second kappa shape index (κ2) is 9.65. The average molecular weight is 437 g/mol. The van der Waals surface area contributed by atoms with Gasteiger partial charge in [0, 0.05) is 25.2 Å². The van der Waals surface area contributed by atoms with E-state index in [1.807, 2.05) is 6.07 Å². The first kappa shape index (κ1) is 22.4. The summed E-state index contributed by atoms with van der Waals surface area (Å²) in [4.78, 5) is 34.8. The van der Waals surface area contributed by atoms with Crippen LogP contribution < -0.4 is 15.0 Å². The molecule has 0 fully saturated rings. The van der Waals surface area contributed by atoms with E-state index in [9.17, 15) is 14.0 Å². The first-order valence-corrected chi connectivity index (χ1v) is 9.49. The van der Waals surface area contributed by atoms with Crippen LogP contribution in [0.25, 0.3) is 0 Å².